The average Bonchev–Trinajstić information content (AvgIpc) is 2.91. The van der Waals surface area contributed by atoms with Crippen molar-refractivity contribution in [2.24, 2.45) is 5.92 Å². The van der Waals surface area contributed by atoms with E-state index in [0.29, 0.717) is 18.9 Å². The summed E-state index contributed by atoms with van der Waals surface area (Å²) in [5, 5.41) is 0.129. The molecule has 0 N–H and O–H groups in total. The van der Waals surface area contributed by atoms with Gasteiger partial charge in [-0.2, -0.15) is 0 Å². The monoisotopic (exact) mass is 397 g/mol. The number of ether oxygens (including phenoxy) is 1. The van der Waals surface area contributed by atoms with Crippen LogP contribution in [0.2, 0.25) is 0 Å². The van der Waals surface area contributed by atoms with Gasteiger partial charge in [0, 0.05) is 31.2 Å². The van der Waals surface area contributed by atoms with Gasteiger partial charge in [-0.25, -0.2) is 0 Å². The van der Waals surface area contributed by atoms with Crippen LogP contribution in [0.3, 0.4) is 0 Å². The minimum absolute atomic E-state index is 0.0492. The van der Waals surface area contributed by atoms with Crippen LogP contribution in [0, 0.1) is 5.92 Å². The largest absolute Gasteiger partial charge is 0.457 e. The van der Waals surface area contributed by atoms with Crippen LogP contribution in [-0.2, 0) is 16.1 Å². The van der Waals surface area contributed by atoms with Gasteiger partial charge in [0.15, 0.2) is 5.12 Å². The van der Waals surface area contributed by atoms with Gasteiger partial charge in [-0.05, 0) is 42.2 Å². The van der Waals surface area contributed by atoms with E-state index in [2.05, 4.69) is 13.8 Å². The van der Waals surface area contributed by atoms with Crippen LogP contribution in [0.4, 0.5) is 0 Å². The first-order valence-electron chi connectivity index (χ1n) is 9.71. The molecule has 2 aromatic carbocycles. The third-order valence-corrected chi connectivity index (χ3v) is 5.93. The second-order valence-corrected chi connectivity index (χ2v) is 9.05. The summed E-state index contributed by atoms with van der Waals surface area (Å²) < 4.78 is 5.84. The van der Waals surface area contributed by atoms with Gasteiger partial charge < -0.3 is 9.64 Å². The zero-order valence-electron chi connectivity index (χ0n) is 16.6. The van der Waals surface area contributed by atoms with Crippen molar-refractivity contribution in [1.29, 1.82) is 0 Å². The van der Waals surface area contributed by atoms with Crippen LogP contribution < -0.4 is 4.74 Å². The summed E-state index contributed by atoms with van der Waals surface area (Å²) in [6.45, 7) is 6.46. The summed E-state index contributed by atoms with van der Waals surface area (Å²) in [7, 11) is 0. The minimum atomic E-state index is 0.0492. The van der Waals surface area contributed by atoms with Gasteiger partial charge in [-0.15, -0.1) is 0 Å². The molecule has 0 bridgehead atoms. The van der Waals surface area contributed by atoms with E-state index in [9.17, 15) is 9.59 Å². The number of likely N-dealkylation sites (tertiary alicyclic amines) is 1. The van der Waals surface area contributed by atoms with Crippen molar-refractivity contribution in [2.45, 2.75) is 51.4 Å². The Hall–Kier alpha value is -2.27. The maximum Gasteiger partial charge on any atom is 0.224 e. The van der Waals surface area contributed by atoms with E-state index in [1.165, 1.54) is 11.8 Å². The van der Waals surface area contributed by atoms with E-state index >= 15 is 0 Å². The summed E-state index contributed by atoms with van der Waals surface area (Å²) >= 11 is 1.31. The number of amides is 1. The molecule has 1 saturated heterocycles. The third kappa shape index (κ3) is 5.38. The molecule has 1 aliphatic heterocycles. The van der Waals surface area contributed by atoms with Crippen LogP contribution in [0.25, 0.3) is 0 Å². The van der Waals surface area contributed by atoms with Crippen LogP contribution in [-0.4, -0.2) is 27.2 Å². The van der Waals surface area contributed by atoms with E-state index in [1.54, 1.807) is 6.92 Å². The minimum Gasteiger partial charge on any atom is -0.457 e. The van der Waals surface area contributed by atoms with Crippen molar-refractivity contribution >= 4 is 22.8 Å². The summed E-state index contributed by atoms with van der Waals surface area (Å²) in [6, 6.07) is 17.6. The smallest absolute Gasteiger partial charge is 0.224 e. The van der Waals surface area contributed by atoms with Crippen LogP contribution in [0.15, 0.2) is 54.6 Å². The summed E-state index contributed by atoms with van der Waals surface area (Å²) in [4.78, 5) is 26.2. The van der Waals surface area contributed by atoms with Crippen LogP contribution in [0.5, 0.6) is 11.5 Å². The van der Waals surface area contributed by atoms with E-state index < -0.39 is 0 Å². The highest BCUT2D eigenvalue weighted by Crippen LogP contribution is 2.35. The lowest BCUT2D eigenvalue weighted by molar-refractivity contribution is -0.129. The Labute approximate surface area is 171 Å². The van der Waals surface area contributed by atoms with Gasteiger partial charge in [0.05, 0.1) is 0 Å². The van der Waals surface area contributed by atoms with Gasteiger partial charge in [0.1, 0.15) is 11.5 Å². The lowest BCUT2D eigenvalue weighted by Crippen LogP contribution is -2.37. The molecule has 1 fully saturated rings. The molecule has 2 atom stereocenters. The highest BCUT2D eigenvalue weighted by Gasteiger charge is 2.40. The van der Waals surface area contributed by atoms with E-state index in [4.69, 9.17) is 4.74 Å². The molecular weight excluding hydrogens is 370 g/mol. The highest BCUT2D eigenvalue weighted by molar-refractivity contribution is 8.14. The molecular formula is C23H27NO3S. The predicted octanol–water partition coefficient (Wildman–Crippen LogP) is 5.27. The van der Waals surface area contributed by atoms with E-state index in [0.717, 1.165) is 23.5 Å². The maximum absolute atomic E-state index is 12.6. The fourth-order valence-electron chi connectivity index (χ4n) is 3.60. The fourth-order valence-corrected chi connectivity index (χ4v) is 4.66. The number of hydrogen-bond donors (Lipinski definition) is 0. The van der Waals surface area contributed by atoms with Gasteiger partial charge in [-0.3, -0.25) is 9.59 Å². The zero-order valence-corrected chi connectivity index (χ0v) is 17.4. The number of para-hydroxylation sites is 1. The Bertz CT molecular complexity index is 804. The second kappa shape index (κ2) is 9.28. The number of benzene rings is 2. The summed E-state index contributed by atoms with van der Waals surface area (Å²) in [5.74, 6) is 2.17. The Morgan fingerprint density at radius 1 is 1.11 bits per heavy atom. The Morgan fingerprint density at radius 2 is 1.75 bits per heavy atom. The molecule has 28 heavy (non-hydrogen) atoms. The Morgan fingerprint density at radius 3 is 2.36 bits per heavy atom. The van der Waals surface area contributed by atoms with Crippen molar-refractivity contribution in [3.05, 3.63) is 60.2 Å². The molecule has 1 aliphatic rings. The zero-order chi connectivity index (χ0) is 20.1. The molecule has 0 aromatic heterocycles. The van der Waals surface area contributed by atoms with Crippen LogP contribution >= 0.6 is 11.8 Å². The number of rotatable bonds is 7. The first kappa shape index (κ1) is 20.5. The van der Waals surface area contributed by atoms with Gasteiger partial charge >= 0.3 is 0 Å². The topological polar surface area (TPSA) is 46.6 Å². The second-order valence-electron chi connectivity index (χ2n) is 7.63. The maximum atomic E-state index is 12.6. The molecule has 0 radical (unpaired) electrons. The number of carbonyl (C=O) groups is 2. The first-order valence-corrected chi connectivity index (χ1v) is 10.6. The molecule has 1 heterocycles. The highest BCUT2D eigenvalue weighted by atomic mass is 32.2. The van der Waals surface area contributed by atoms with Crippen molar-refractivity contribution in [2.75, 3.05) is 0 Å². The predicted molar refractivity (Wildman–Crippen MR) is 113 cm³/mol. The van der Waals surface area contributed by atoms with Crippen molar-refractivity contribution in [3.63, 3.8) is 0 Å². The molecule has 0 saturated carbocycles. The molecule has 0 spiro atoms. The van der Waals surface area contributed by atoms with E-state index in [1.807, 2.05) is 59.5 Å². The molecule has 5 heteroatoms. The number of carbonyl (C=O) groups excluding carboxylic acids is 2. The number of hydrogen-bond acceptors (Lipinski definition) is 4. The van der Waals surface area contributed by atoms with Crippen LogP contribution in [0.1, 0.15) is 39.2 Å². The normalized spacial score (nSPS) is 19.3. The van der Waals surface area contributed by atoms with Gasteiger partial charge in [0.2, 0.25) is 5.91 Å². The molecule has 2 aromatic rings. The lowest BCUT2D eigenvalue weighted by atomic mass is 10.0. The molecule has 3 rings (SSSR count). The first-order chi connectivity index (χ1) is 13.4. The summed E-state index contributed by atoms with van der Waals surface area (Å²) in [6.07, 6.45) is 1.35. The van der Waals surface area contributed by atoms with Crippen molar-refractivity contribution in [3.8, 4) is 11.5 Å². The summed E-state index contributed by atoms with van der Waals surface area (Å²) in [5.41, 5.74) is 1.07. The van der Waals surface area contributed by atoms with Gasteiger partial charge in [-0.1, -0.05) is 55.9 Å². The SMILES string of the molecule is CC(=O)SC1CC(=O)N(Cc2ccc(Oc3ccccc3)cc2)C1CC(C)C. The fraction of sp³-hybridized carbons (Fsp3) is 0.391. The quantitative estimate of drug-likeness (QED) is 0.638. The Balaban J connectivity index is 1.69. The number of nitrogens with zero attached hydrogens (tertiary/aromatic N) is 1. The molecule has 1 amide bonds. The molecule has 2 unspecified atom stereocenters. The lowest BCUT2D eigenvalue weighted by Gasteiger charge is -2.29. The van der Waals surface area contributed by atoms with Crippen molar-refractivity contribution in [1.82, 2.24) is 4.90 Å². The molecule has 4 nitrogen and oxygen atoms in total. The third-order valence-electron chi connectivity index (χ3n) is 4.81. The average molecular weight is 398 g/mol. The molecule has 0 aliphatic carbocycles. The standard InChI is InChI=1S/C23H27NO3S/c1-16(2)13-21-22(28-17(3)25)14-23(26)24(21)15-18-9-11-20(12-10-18)27-19-7-5-4-6-8-19/h4-12,16,21-22H,13-15H2,1-3H3. The molecule has 148 valence electrons. The van der Waals surface area contributed by atoms with Crippen molar-refractivity contribution < 1.29 is 14.3 Å². The van der Waals surface area contributed by atoms with Gasteiger partial charge in [0.25, 0.3) is 0 Å². The number of thioether (sulfide) groups is 1. The van der Waals surface area contributed by atoms with E-state index in [-0.39, 0.29) is 22.3 Å². The Kier molecular flexibility index (Phi) is 6.79.